The van der Waals surface area contributed by atoms with E-state index in [4.69, 9.17) is 5.73 Å². The Morgan fingerprint density at radius 3 is 2.55 bits per heavy atom. The zero-order valence-corrected chi connectivity index (χ0v) is 12.4. The van der Waals surface area contributed by atoms with Crippen molar-refractivity contribution < 1.29 is 4.79 Å². The lowest BCUT2D eigenvalue weighted by atomic mass is 9.89. The highest BCUT2D eigenvalue weighted by Crippen LogP contribution is 2.24. The zero-order chi connectivity index (χ0) is 14.4. The third-order valence-corrected chi connectivity index (χ3v) is 4.25. The van der Waals surface area contributed by atoms with Gasteiger partial charge in [0, 0.05) is 13.6 Å². The molecule has 0 aromatic heterocycles. The van der Waals surface area contributed by atoms with E-state index in [0.717, 1.165) is 12.1 Å². The molecule has 1 saturated carbocycles. The van der Waals surface area contributed by atoms with Crippen LogP contribution >= 0.6 is 0 Å². The Morgan fingerprint density at radius 2 is 1.90 bits per heavy atom. The molecule has 1 fully saturated rings. The first-order valence-electron chi connectivity index (χ1n) is 7.71. The zero-order valence-electron chi connectivity index (χ0n) is 12.4. The third-order valence-electron chi connectivity index (χ3n) is 4.25. The minimum atomic E-state index is -0.425. The van der Waals surface area contributed by atoms with Crippen LogP contribution in [-0.2, 0) is 11.2 Å². The van der Waals surface area contributed by atoms with Gasteiger partial charge in [0.05, 0.1) is 6.04 Å². The number of carbonyl (C=O) groups is 1. The van der Waals surface area contributed by atoms with Crippen LogP contribution in [0.3, 0.4) is 0 Å². The SMILES string of the molecule is CN(CC1CCCCC1)C(=O)[C@H](N)Cc1ccccc1. The van der Waals surface area contributed by atoms with Crippen molar-refractivity contribution in [2.75, 3.05) is 13.6 Å². The Morgan fingerprint density at radius 1 is 1.25 bits per heavy atom. The number of hydrogen-bond acceptors (Lipinski definition) is 2. The van der Waals surface area contributed by atoms with Gasteiger partial charge in [0.2, 0.25) is 5.91 Å². The maximum atomic E-state index is 12.3. The molecule has 0 radical (unpaired) electrons. The summed E-state index contributed by atoms with van der Waals surface area (Å²) in [5.74, 6) is 0.737. The summed E-state index contributed by atoms with van der Waals surface area (Å²) in [6, 6.07) is 9.57. The molecule has 1 aliphatic carbocycles. The standard InChI is InChI=1S/C17H26N2O/c1-19(13-15-10-6-3-7-11-15)17(20)16(18)12-14-8-4-2-5-9-14/h2,4-5,8-9,15-16H,3,6-7,10-13,18H2,1H3/t16-/m1/s1. The second-order valence-electron chi connectivity index (χ2n) is 6.02. The highest BCUT2D eigenvalue weighted by molar-refractivity contribution is 5.81. The molecule has 1 atom stereocenters. The molecule has 0 bridgehead atoms. The molecule has 0 unspecified atom stereocenters. The van der Waals surface area contributed by atoms with Gasteiger partial charge in [-0.3, -0.25) is 4.79 Å². The van der Waals surface area contributed by atoms with Crippen LogP contribution in [0.2, 0.25) is 0 Å². The Kier molecular flexibility index (Phi) is 5.60. The maximum Gasteiger partial charge on any atom is 0.239 e. The predicted molar refractivity (Wildman–Crippen MR) is 82.3 cm³/mol. The Bertz CT molecular complexity index is 412. The van der Waals surface area contributed by atoms with Crippen molar-refractivity contribution in [1.29, 1.82) is 0 Å². The van der Waals surface area contributed by atoms with E-state index in [-0.39, 0.29) is 5.91 Å². The molecule has 1 aliphatic rings. The minimum Gasteiger partial charge on any atom is -0.344 e. The number of nitrogens with two attached hydrogens (primary N) is 1. The largest absolute Gasteiger partial charge is 0.344 e. The Balaban J connectivity index is 1.82. The number of rotatable bonds is 5. The van der Waals surface area contributed by atoms with Crippen molar-refractivity contribution in [3.63, 3.8) is 0 Å². The van der Waals surface area contributed by atoms with Crippen molar-refractivity contribution in [2.24, 2.45) is 11.7 Å². The van der Waals surface area contributed by atoms with E-state index in [1.807, 2.05) is 42.3 Å². The summed E-state index contributed by atoms with van der Waals surface area (Å²) in [5.41, 5.74) is 7.19. The quantitative estimate of drug-likeness (QED) is 0.897. The van der Waals surface area contributed by atoms with Crippen LogP contribution in [0.25, 0.3) is 0 Å². The second kappa shape index (κ2) is 7.44. The summed E-state index contributed by atoms with van der Waals surface area (Å²) in [4.78, 5) is 14.2. The van der Waals surface area contributed by atoms with E-state index in [1.165, 1.54) is 32.1 Å². The van der Waals surface area contributed by atoms with E-state index < -0.39 is 6.04 Å². The molecule has 2 N–H and O–H groups in total. The van der Waals surface area contributed by atoms with Gasteiger partial charge >= 0.3 is 0 Å². The van der Waals surface area contributed by atoms with Crippen LogP contribution in [0, 0.1) is 5.92 Å². The average Bonchev–Trinajstić information content (AvgIpc) is 2.48. The summed E-state index contributed by atoms with van der Waals surface area (Å²) in [5, 5.41) is 0. The number of hydrogen-bond donors (Lipinski definition) is 1. The van der Waals surface area contributed by atoms with Gasteiger partial charge in [-0.25, -0.2) is 0 Å². The monoisotopic (exact) mass is 274 g/mol. The van der Waals surface area contributed by atoms with E-state index in [1.54, 1.807) is 0 Å². The molecule has 0 spiro atoms. The van der Waals surface area contributed by atoms with E-state index in [9.17, 15) is 4.79 Å². The number of nitrogens with zero attached hydrogens (tertiary/aromatic N) is 1. The summed E-state index contributed by atoms with van der Waals surface area (Å²) < 4.78 is 0. The van der Waals surface area contributed by atoms with Gasteiger partial charge in [0.15, 0.2) is 0 Å². The smallest absolute Gasteiger partial charge is 0.239 e. The summed E-state index contributed by atoms with van der Waals surface area (Å²) in [6.07, 6.45) is 7.10. The molecular weight excluding hydrogens is 248 g/mol. The van der Waals surface area contributed by atoms with Crippen molar-refractivity contribution in [3.8, 4) is 0 Å². The van der Waals surface area contributed by atoms with E-state index in [0.29, 0.717) is 12.3 Å². The fraction of sp³-hybridized carbons (Fsp3) is 0.588. The molecule has 1 aromatic carbocycles. The van der Waals surface area contributed by atoms with Crippen LogP contribution in [0.4, 0.5) is 0 Å². The highest BCUT2D eigenvalue weighted by atomic mass is 16.2. The van der Waals surface area contributed by atoms with Crippen LogP contribution < -0.4 is 5.73 Å². The molecule has 20 heavy (non-hydrogen) atoms. The molecule has 1 aromatic rings. The number of carbonyl (C=O) groups excluding carboxylic acids is 1. The van der Waals surface area contributed by atoms with Crippen molar-refractivity contribution in [1.82, 2.24) is 4.90 Å². The number of likely N-dealkylation sites (N-methyl/N-ethyl adjacent to an activating group) is 1. The molecule has 0 heterocycles. The Labute approximate surface area is 122 Å². The first-order valence-corrected chi connectivity index (χ1v) is 7.71. The van der Waals surface area contributed by atoms with Gasteiger partial charge in [-0.05, 0) is 30.7 Å². The van der Waals surface area contributed by atoms with Gasteiger partial charge in [0.1, 0.15) is 0 Å². The lowest BCUT2D eigenvalue weighted by Gasteiger charge is -2.28. The molecule has 2 rings (SSSR count). The summed E-state index contributed by atoms with van der Waals surface area (Å²) in [6.45, 7) is 0.862. The fourth-order valence-electron chi connectivity index (χ4n) is 3.09. The molecule has 3 heteroatoms. The van der Waals surface area contributed by atoms with Crippen molar-refractivity contribution in [3.05, 3.63) is 35.9 Å². The summed E-state index contributed by atoms with van der Waals surface area (Å²) in [7, 11) is 1.89. The van der Waals surface area contributed by atoms with Crippen LogP contribution in [0.15, 0.2) is 30.3 Å². The first kappa shape index (κ1) is 15.0. The van der Waals surface area contributed by atoms with E-state index >= 15 is 0 Å². The normalized spacial score (nSPS) is 17.7. The maximum absolute atomic E-state index is 12.3. The van der Waals surface area contributed by atoms with Crippen LogP contribution in [0.1, 0.15) is 37.7 Å². The molecule has 0 saturated heterocycles. The van der Waals surface area contributed by atoms with E-state index in [2.05, 4.69) is 0 Å². The molecular formula is C17H26N2O. The Hall–Kier alpha value is -1.35. The van der Waals surface area contributed by atoms with Gasteiger partial charge in [-0.2, -0.15) is 0 Å². The van der Waals surface area contributed by atoms with Crippen LogP contribution in [-0.4, -0.2) is 30.4 Å². The highest BCUT2D eigenvalue weighted by Gasteiger charge is 2.22. The van der Waals surface area contributed by atoms with Gasteiger partial charge < -0.3 is 10.6 Å². The molecule has 110 valence electrons. The molecule has 0 aliphatic heterocycles. The average molecular weight is 274 g/mol. The van der Waals surface area contributed by atoms with Gasteiger partial charge in [-0.1, -0.05) is 49.6 Å². The lowest BCUT2D eigenvalue weighted by molar-refractivity contribution is -0.132. The summed E-state index contributed by atoms with van der Waals surface area (Å²) >= 11 is 0. The molecule has 1 amide bonds. The van der Waals surface area contributed by atoms with Gasteiger partial charge in [0.25, 0.3) is 0 Å². The number of amides is 1. The van der Waals surface area contributed by atoms with Crippen molar-refractivity contribution >= 4 is 5.91 Å². The predicted octanol–water partition coefficient (Wildman–Crippen LogP) is 2.60. The topological polar surface area (TPSA) is 46.3 Å². The lowest BCUT2D eigenvalue weighted by Crippen LogP contribution is -2.44. The first-order chi connectivity index (χ1) is 9.66. The van der Waals surface area contributed by atoms with Crippen LogP contribution in [0.5, 0.6) is 0 Å². The molecule has 3 nitrogen and oxygen atoms in total. The number of benzene rings is 1. The van der Waals surface area contributed by atoms with Gasteiger partial charge in [-0.15, -0.1) is 0 Å². The third kappa shape index (κ3) is 4.34. The fourth-order valence-corrected chi connectivity index (χ4v) is 3.09. The van der Waals surface area contributed by atoms with Crippen molar-refractivity contribution in [2.45, 2.75) is 44.6 Å². The minimum absolute atomic E-state index is 0.0689. The second-order valence-corrected chi connectivity index (χ2v) is 6.02.